The lowest BCUT2D eigenvalue weighted by Crippen LogP contribution is -2.37. The van der Waals surface area contributed by atoms with Crippen molar-refractivity contribution in [3.05, 3.63) is 46.0 Å². The Kier molecular flexibility index (Phi) is 6.68. The summed E-state index contributed by atoms with van der Waals surface area (Å²) in [6.07, 6.45) is 6.73. The van der Waals surface area contributed by atoms with Crippen LogP contribution in [-0.2, 0) is 14.3 Å². The number of amides is 1. The van der Waals surface area contributed by atoms with Gasteiger partial charge in [0.25, 0.3) is 5.69 Å². The molecule has 1 amide bonds. The minimum Gasteiger partial charge on any atom is -0.469 e. The number of hydrogen-bond donors (Lipinski definition) is 1. The molecule has 0 saturated heterocycles. The van der Waals surface area contributed by atoms with Crippen molar-refractivity contribution >= 4 is 23.6 Å². The van der Waals surface area contributed by atoms with E-state index in [1.165, 1.54) is 25.3 Å². The molecule has 7 nitrogen and oxygen atoms in total. The Morgan fingerprint density at radius 2 is 1.96 bits per heavy atom. The number of nitrogens with zero attached hydrogens (tertiary/aromatic N) is 1. The van der Waals surface area contributed by atoms with Crippen LogP contribution in [0, 0.1) is 22.0 Å². The van der Waals surface area contributed by atoms with Crippen LogP contribution in [-0.4, -0.2) is 30.5 Å². The Morgan fingerprint density at radius 3 is 2.60 bits per heavy atom. The first-order valence-corrected chi connectivity index (χ1v) is 8.29. The number of carbonyl (C=O) groups excluding carboxylic acids is 2. The summed E-state index contributed by atoms with van der Waals surface area (Å²) in [6.45, 7) is 0.434. The predicted molar refractivity (Wildman–Crippen MR) is 92.6 cm³/mol. The molecule has 1 fully saturated rings. The van der Waals surface area contributed by atoms with Gasteiger partial charge in [-0.2, -0.15) is 0 Å². The molecule has 25 heavy (non-hydrogen) atoms. The maximum atomic E-state index is 12.0. The van der Waals surface area contributed by atoms with Crippen LogP contribution in [0.2, 0.25) is 0 Å². The Morgan fingerprint density at radius 1 is 1.28 bits per heavy atom. The number of nitrogens with one attached hydrogen (secondary N) is 1. The molecule has 0 radical (unpaired) electrons. The lowest BCUT2D eigenvalue weighted by atomic mass is 9.79. The van der Waals surface area contributed by atoms with E-state index >= 15 is 0 Å². The topological polar surface area (TPSA) is 98.5 Å². The average Bonchev–Trinajstić information content (AvgIpc) is 2.64. The number of nitro benzene ring substituents is 1. The molecule has 134 valence electrons. The van der Waals surface area contributed by atoms with E-state index in [4.69, 9.17) is 4.74 Å². The fourth-order valence-electron chi connectivity index (χ4n) is 3.08. The van der Waals surface area contributed by atoms with Crippen LogP contribution < -0.4 is 5.32 Å². The van der Waals surface area contributed by atoms with Crippen molar-refractivity contribution in [1.82, 2.24) is 5.32 Å². The summed E-state index contributed by atoms with van der Waals surface area (Å²) in [7, 11) is 1.39. The van der Waals surface area contributed by atoms with Crippen molar-refractivity contribution in [2.24, 2.45) is 11.8 Å². The van der Waals surface area contributed by atoms with E-state index in [9.17, 15) is 19.7 Å². The molecule has 1 saturated carbocycles. The number of non-ortho nitro benzene ring substituents is 1. The summed E-state index contributed by atoms with van der Waals surface area (Å²) in [5.41, 5.74) is 0.707. The first-order valence-electron chi connectivity index (χ1n) is 8.29. The standard InChI is InChI=1S/C18H22N2O5/c1-25-18(22)16-5-3-2-4-14(16)12-19-17(21)11-8-13-6-9-15(10-7-13)20(23)24/h6-11,14,16H,2-5,12H2,1H3,(H,19,21)/b11-8+. The van der Waals surface area contributed by atoms with Crippen molar-refractivity contribution in [2.45, 2.75) is 25.7 Å². The van der Waals surface area contributed by atoms with Crippen LogP contribution in [0.5, 0.6) is 0 Å². The number of esters is 1. The predicted octanol–water partition coefficient (Wildman–Crippen LogP) is 2.70. The Balaban J connectivity index is 1.86. The molecule has 2 unspecified atom stereocenters. The molecule has 2 rings (SSSR count). The van der Waals surface area contributed by atoms with Gasteiger partial charge in [0.2, 0.25) is 5.91 Å². The SMILES string of the molecule is COC(=O)C1CCCCC1CNC(=O)/C=C/c1ccc([N+](=O)[O-])cc1. The van der Waals surface area contributed by atoms with Gasteiger partial charge in [0.05, 0.1) is 18.0 Å². The Hall–Kier alpha value is -2.70. The van der Waals surface area contributed by atoms with Gasteiger partial charge in [-0.15, -0.1) is 0 Å². The third-order valence-electron chi connectivity index (χ3n) is 4.48. The normalized spacial score (nSPS) is 20.2. The van der Waals surface area contributed by atoms with E-state index in [-0.39, 0.29) is 29.4 Å². The number of ether oxygens (including phenoxy) is 1. The van der Waals surface area contributed by atoms with Crippen LogP contribution in [0.3, 0.4) is 0 Å². The second-order valence-corrected chi connectivity index (χ2v) is 6.10. The molecule has 1 aliphatic rings. The monoisotopic (exact) mass is 346 g/mol. The summed E-state index contributed by atoms with van der Waals surface area (Å²) in [5, 5.41) is 13.4. The van der Waals surface area contributed by atoms with Crippen molar-refractivity contribution in [3.8, 4) is 0 Å². The van der Waals surface area contributed by atoms with E-state index in [0.29, 0.717) is 12.1 Å². The molecule has 7 heteroatoms. The maximum absolute atomic E-state index is 12.0. The van der Waals surface area contributed by atoms with Gasteiger partial charge < -0.3 is 10.1 Å². The van der Waals surface area contributed by atoms with E-state index in [1.54, 1.807) is 18.2 Å². The van der Waals surface area contributed by atoms with Gasteiger partial charge >= 0.3 is 5.97 Å². The first-order chi connectivity index (χ1) is 12.0. The van der Waals surface area contributed by atoms with Crippen molar-refractivity contribution in [1.29, 1.82) is 0 Å². The van der Waals surface area contributed by atoms with Gasteiger partial charge in [0, 0.05) is 24.8 Å². The molecule has 2 atom stereocenters. The maximum Gasteiger partial charge on any atom is 0.309 e. The van der Waals surface area contributed by atoms with Crippen molar-refractivity contribution in [3.63, 3.8) is 0 Å². The van der Waals surface area contributed by atoms with Crippen LogP contribution in [0.15, 0.2) is 30.3 Å². The molecule has 1 aromatic carbocycles. The van der Waals surface area contributed by atoms with Gasteiger partial charge in [-0.1, -0.05) is 12.8 Å². The minimum atomic E-state index is -0.470. The molecule has 1 aromatic rings. The molecule has 1 aliphatic carbocycles. The largest absolute Gasteiger partial charge is 0.469 e. The second-order valence-electron chi connectivity index (χ2n) is 6.10. The zero-order chi connectivity index (χ0) is 18.2. The van der Waals surface area contributed by atoms with E-state index in [0.717, 1.165) is 25.7 Å². The summed E-state index contributed by atoms with van der Waals surface area (Å²) >= 11 is 0. The summed E-state index contributed by atoms with van der Waals surface area (Å²) < 4.78 is 4.84. The number of hydrogen-bond acceptors (Lipinski definition) is 5. The highest BCUT2D eigenvalue weighted by atomic mass is 16.6. The Labute approximate surface area is 146 Å². The summed E-state index contributed by atoms with van der Waals surface area (Å²) in [6, 6.07) is 5.94. The quantitative estimate of drug-likeness (QED) is 0.369. The van der Waals surface area contributed by atoms with Gasteiger partial charge in [0.15, 0.2) is 0 Å². The zero-order valence-electron chi connectivity index (χ0n) is 14.1. The van der Waals surface area contributed by atoms with E-state index in [2.05, 4.69) is 5.32 Å². The fourth-order valence-corrected chi connectivity index (χ4v) is 3.08. The van der Waals surface area contributed by atoms with Gasteiger partial charge in [0.1, 0.15) is 0 Å². The van der Waals surface area contributed by atoms with E-state index < -0.39 is 4.92 Å². The van der Waals surface area contributed by atoms with Crippen LogP contribution >= 0.6 is 0 Å². The van der Waals surface area contributed by atoms with Gasteiger partial charge in [-0.25, -0.2) is 0 Å². The van der Waals surface area contributed by atoms with Gasteiger partial charge in [-0.05, 0) is 42.5 Å². The highest BCUT2D eigenvalue weighted by Gasteiger charge is 2.31. The number of rotatable bonds is 6. The summed E-state index contributed by atoms with van der Waals surface area (Å²) in [5.74, 6) is -0.525. The highest BCUT2D eigenvalue weighted by molar-refractivity contribution is 5.91. The molecular weight excluding hydrogens is 324 g/mol. The third-order valence-corrected chi connectivity index (χ3v) is 4.48. The number of nitro groups is 1. The minimum absolute atomic E-state index is 0.00718. The molecular formula is C18H22N2O5. The Bertz CT molecular complexity index is 654. The lowest BCUT2D eigenvalue weighted by Gasteiger charge is -2.29. The average molecular weight is 346 g/mol. The molecule has 0 spiro atoms. The number of carbonyl (C=O) groups is 2. The molecule has 0 aromatic heterocycles. The number of benzene rings is 1. The molecule has 0 aliphatic heterocycles. The van der Waals surface area contributed by atoms with Crippen LogP contribution in [0.4, 0.5) is 5.69 Å². The number of methoxy groups -OCH3 is 1. The highest BCUT2D eigenvalue weighted by Crippen LogP contribution is 2.30. The summed E-state index contributed by atoms with van der Waals surface area (Å²) in [4.78, 5) is 33.9. The smallest absolute Gasteiger partial charge is 0.309 e. The van der Waals surface area contributed by atoms with Crippen LogP contribution in [0.25, 0.3) is 6.08 Å². The molecule has 0 heterocycles. The second kappa shape index (κ2) is 8.96. The van der Waals surface area contributed by atoms with Crippen LogP contribution in [0.1, 0.15) is 31.2 Å². The fraction of sp³-hybridized carbons (Fsp3) is 0.444. The van der Waals surface area contributed by atoms with Crippen molar-refractivity contribution < 1.29 is 19.2 Å². The lowest BCUT2D eigenvalue weighted by molar-refractivity contribution is -0.384. The van der Waals surface area contributed by atoms with Crippen molar-refractivity contribution in [2.75, 3.05) is 13.7 Å². The molecule has 1 N–H and O–H groups in total. The van der Waals surface area contributed by atoms with Gasteiger partial charge in [-0.3, -0.25) is 19.7 Å². The third kappa shape index (κ3) is 5.41. The first kappa shape index (κ1) is 18.6. The molecule has 0 bridgehead atoms. The zero-order valence-corrected chi connectivity index (χ0v) is 14.1. The van der Waals surface area contributed by atoms with E-state index in [1.807, 2.05) is 0 Å².